The number of benzene rings is 2. The van der Waals surface area contributed by atoms with Gasteiger partial charge in [0.1, 0.15) is 5.75 Å². The van der Waals surface area contributed by atoms with E-state index in [4.69, 9.17) is 4.74 Å². The van der Waals surface area contributed by atoms with E-state index in [2.05, 4.69) is 0 Å². The van der Waals surface area contributed by atoms with E-state index in [1.54, 1.807) is 24.3 Å². The van der Waals surface area contributed by atoms with E-state index in [1.165, 1.54) is 7.11 Å². The van der Waals surface area contributed by atoms with E-state index in [-0.39, 0.29) is 22.9 Å². The molecule has 3 aromatic rings. The van der Waals surface area contributed by atoms with Crippen LogP contribution in [-0.2, 0) is 6.42 Å². The first-order valence-electron chi connectivity index (χ1n) is 8.57. The fraction of sp³-hybridized carbons (Fsp3) is 0.136. The van der Waals surface area contributed by atoms with Crippen molar-refractivity contribution in [1.29, 1.82) is 0 Å². The van der Waals surface area contributed by atoms with Crippen molar-refractivity contribution in [2.24, 2.45) is 0 Å². The van der Waals surface area contributed by atoms with Crippen LogP contribution in [0.4, 0.5) is 0 Å². The summed E-state index contributed by atoms with van der Waals surface area (Å²) in [7, 11) is 1.47. The lowest BCUT2D eigenvalue weighted by atomic mass is 9.88. The van der Waals surface area contributed by atoms with Gasteiger partial charge in [0.15, 0.2) is 11.6 Å². The molecule has 1 aromatic heterocycles. The first-order chi connectivity index (χ1) is 13.1. The molecule has 4 rings (SSSR count). The third-order valence-corrected chi connectivity index (χ3v) is 5.83. The van der Waals surface area contributed by atoms with E-state index >= 15 is 0 Å². The molecule has 0 saturated heterocycles. The van der Waals surface area contributed by atoms with Gasteiger partial charge in [0.2, 0.25) is 5.78 Å². The fourth-order valence-corrected chi connectivity index (χ4v) is 4.34. The van der Waals surface area contributed by atoms with Gasteiger partial charge in [-0.3, -0.25) is 14.4 Å². The number of aryl methyl sites for hydroxylation is 1. The van der Waals surface area contributed by atoms with Crippen LogP contribution < -0.4 is 4.74 Å². The molecule has 0 unspecified atom stereocenters. The predicted octanol–water partition coefficient (Wildman–Crippen LogP) is 4.35. The first kappa shape index (κ1) is 17.4. The normalized spacial score (nSPS) is 12.5. The van der Waals surface area contributed by atoms with E-state index in [0.717, 1.165) is 16.9 Å². The minimum Gasteiger partial charge on any atom is -0.496 e. The number of fused-ring (bicyclic) bond motifs is 2. The highest BCUT2D eigenvalue weighted by molar-refractivity contribution is 7.16. The average molecular weight is 376 g/mol. The summed E-state index contributed by atoms with van der Waals surface area (Å²) in [5.41, 5.74) is 2.00. The molecular weight excluding hydrogens is 360 g/mol. The molecule has 1 aliphatic rings. The number of hydrogen-bond acceptors (Lipinski definition) is 5. The molecule has 0 N–H and O–H groups in total. The second-order valence-electron chi connectivity index (χ2n) is 6.30. The van der Waals surface area contributed by atoms with Crippen LogP contribution in [0, 0.1) is 0 Å². The maximum Gasteiger partial charge on any atom is 0.208 e. The summed E-state index contributed by atoms with van der Waals surface area (Å²) in [4.78, 5) is 39.1. The van der Waals surface area contributed by atoms with Crippen LogP contribution in [0.3, 0.4) is 0 Å². The van der Waals surface area contributed by atoms with Crippen molar-refractivity contribution in [3.8, 4) is 5.75 Å². The lowest BCUT2D eigenvalue weighted by Gasteiger charge is -2.16. The Morgan fingerprint density at radius 3 is 2.48 bits per heavy atom. The average Bonchev–Trinajstić information content (AvgIpc) is 3.16. The summed E-state index contributed by atoms with van der Waals surface area (Å²) in [6.45, 7) is 0. The number of methoxy groups -OCH3 is 1. The molecule has 0 spiro atoms. The maximum atomic E-state index is 12.9. The Morgan fingerprint density at radius 1 is 0.963 bits per heavy atom. The van der Waals surface area contributed by atoms with Crippen LogP contribution in [0.5, 0.6) is 5.75 Å². The SMILES string of the molecule is COc1cccc2c1C(=O)c1sc(C(=O)CCc3ccccc3)cc1C2=O. The zero-order chi connectivity index (χ0) is 19.0. The summed E-state index contributed by atoms with van der Waals surface area (Å²) in [6.07, 6.45) is 0.959. The molecule has 0 radical (unpaired) electrons. The van der Waals surface area contributed by atoms with Gasteiger partial charge in [0.25, 0.3) is 0 Å². The second-order valence-corrected chi connectivity index (χ2v) is 7.36. The molecule has 4 nitrogen and oxygen atoms in total. The molecule has 1 aliphatic carbocycles. The highest BCUT2D eigenvalue weighted by Crippen LogP contribution is 2.37. The molecule has 134 valence electrons. The number of Topliss-reactive ketones (excluding diaryl/α,β-unsaturated/α-hetero) is 1. The number of ether oxygens (including phenoxy) is 1. The first-order valence-corrected chi connectivity index (χ1v) is 9.39. The Morgan fingerprint density at radius 2 is 1.74 bits per heavy atom. The van der Waals surface area contributed by atoms with Gasteiger partial charge in [0.05, 0.1) is 22.4 Å². The van der Waals surface area contributed by atoms with Crippen molar-refractivity contribution in [3.63, 3.8) is 0 Å². The topological polar surface area (TPSA) is 60.4 Å². The molecule has 0 saturated carbocycles. The number of ketones is 3. The zero-order valence-electron chi connectivity index (χ0n) is 14.7. The maximum absolute atomic E-state index is 12.9. The fourth-order valence-electron chi connectivity index (χ4n) is 3.27. The van der Waals surface area contributed by atoms with Crippen LogP contribution in [-0.4, -0.2) is 24.5 Å². The molecule has 27 heavy (non-hydrogen) atoms. The Labute approximate surface area is 160 Å². The van der Waals surface area contributed by atoms with Crippen molar-refractivity contribution in [2.75, 3.05) is 7.11 Å². The summed E-state index contributed by atoms with van der Waals surface area (Å²) in [5.74, 6) is -0.183. The quantitative estimate of drug-likeness (QED) is 0.486. The molecule has 1 heterocycles. The Kier molecular flexibility index (Phi) is 4.46. The van der Waals surface area contributed by atoms with Gasteiger partial charge in [-0.1, -0.05) is 42.5 Å². The number of hydrogen-bond donors (Lipinski definition) is 0. The standard InChI is InChI=1S/C22H16O4S/c1-26-17-9-5-8-14-19(17)21(25)22-15(20(14)24)12-18(27-22)16(23)11-10-13-6-3-2-4-7-13/h2-9,12H,10-11H2,1H3. The monoisotopic (exact) mass is 376 g/mol. The lowest BCUT2D eigenvalue weighted by Crippen LogP contribution is -2.19. The molecule has 2 aromatic carbocycles. The third-order valence-electron chi connectivity index (χ3n) is 4.66. The summed E-state index contributed by atoms with van der Waals surface area (Å²) in [5, 5.41) is 0. The lowest BCUT2D eigenvalue weighted by molar-refractivity contribution is 0.0978. The number of carbonyl (C=O) groups is 3. The Bertz CT molecular complexity index is 1060. The van der Waals surface area contributed by atoms with E-state index < -0.39 is 0 Å². The van der Waals surface area contributed by atoms with Crippen molar-refractivity contribution < 1.29 is 19.1 Å². The van der Waals surface area contributed by atoms with Crippen molar-refractivity contribution in [1.82, 2.24) is 0 Å². The van der Waals surface area contributed by atoms with Gasteiger partial charge >= 0.3 is 0 Å². The van der Waals surface area contributed by atoms with E-state index in [9.17, 15) is 14.4 Å². The van der Waals surface area contributed by atoms with Crippen LogP contribution in [0.15, 0.2) is 54.6 Å². The second kappa shape index (κ2) is 6.93. The van der Waals surface area contributed by atoms with Crippen LogP contribution in [0.2, 0.25) is 0 Å². The molecule has 5 heteroatoms. The van der Waals surface area contributed by atoms with Gasteiger partial charge < -0.3 is 4.74 Å². The summed E-state index contributed by atoms with van der Waals surface area (Å²) < 4.78 is 5.25. The molecule has 0 amide bonds. The van der Waals surface area contributed by atoms with Gasteiger partial charge in [0, 0.05) is 17.5 Å². The van der Waals surface area contributed by atoms with Crippen LogP contribution >= 0.6 is 11.3 Å². The van der Waals surface area contributed by atoms with Crippen molar-refractivity contribution in [3.05, 3.63) is 86.6 Å². The van der Waals surface area contributed by atoms with Gasteiger partial charge in [-0.2, -0.15) is 0 Å². The van der Waals surface area contributed by atoms with Crippen molar-refractivity contribution >= 4 is 28.7 Å². The van der Waals surface area contributed by atoms with Gasteiger partial charge in [-0.05, 0) is 24.1 Å². The Balaban J connectivity index is 1.64. The van der Waals surface area contributed by atoms with E-state index in [1.807, 2.05) is 30.3 Å². The summed E-state index contributed by atoms with van der Waals surface area (Å²) in [6, 6.07) is 16.3. The van der Waals surface area contributed by atoms with Gasteiger partial charge in [-0.15, -0.1) is 11.3 Å². The van der Waals surface area contributed by atoms with E-state index in [0.29, 0.717) is 39.5 Å². The number of carbonyl (C=O) groups excluding carboxylic acids is 3. The smallest absolute Gasteiger partial charge is 0.208 e. The number of rotatable bonds is 5. The largest absolute Gasteiger partial charge is 0.496 e. The highest BCUT2D eigenvalue weighted by Gasteiger charge is 2.35. The predicted molar refractivity (Wildman–Crippen MR) is 103 cm³/mol. The van der Waals surface area contributed by atoms with Gasteiger partial charge in [-0.25, -0.2) is 0 Å². The highest BCUT2D eigenvalue weighted by atomic mass is 32.1. The minimum atomic E-state index is -0.260. The molecule has 0 fully saturated rings. The molecule has 0 atom stereocenters. The molecule has 0 aliphatic heterocycles. The zero-order valence-corrected chi connectivity index (χ0v) is 15.5. The Hall–Kier alpha value is -3.05. The number of thiophene rings is 1. The minimum absolute atomic E-state index is 0.0603. The third kappa shape index (κ3) is 3.00. The van der Waals surface area contributed by atoms with Crippen LogP contribution in [0.25, 0.3) is 0 Å². The summed E-state index contributed by atoms with van der Waals surface area (Å²) >= 11 is 1.10. The molecule has 0 bridgehead atoms. The van der Waals surface area contributed by atoms with Crippen molar-refractivity contribution in [2.45, 2.75) is 12.8 Å². The van der Waals surface area contributed by atoms with Crippen LogP contribution in [0.1, 0.15) is 52.8 Å². The molecular formula is C22H16O4S.